The summed E-state index contributed by atoms with van der Waals surface area (Å²) in [6.45, 7) is 13.9. The number of fused-ring (bicyclic) bond motifs is 9. The van der Waals surface area contributed by atoms with Crippen molar-refractivity contribution in [1.82, 2.24) is 4.57 Å². The van der Waals surface area contributed by atoms with E-state index in [0.29, 0.717) is 11.8 Å². The zero-order valence-corrected chi connectivity index (χ0v) is 31.9. The van der Waals surface area contributed by atoms with Crippen molar-refractivity contribution in [1.29, 1.82) is 0 Å². The summed E-state index contributed by atoms with van der Waals surface area (Å²) in [5.74, 6) is 1.36. The van der Waals surface area contributed by atoms with Gasteiger partial charge in [0.05, 0.1) is 17.1 Å². The minimum Gasteiger partial charge on any atom is -0.374 e. The van der Waals surface area contributed by atoms with E-state index in [-0.39, 0.29) is 16.9 Å². The normalized spacial score (nSPS) is 23.8. The molecule has 2 heteroatoms. The summed E-state index contributed by atoms with van der Waals surface area (Å²) in [5, 5.41) is 6.81. The first-order valence-corrected chi connectivity index (χ1v) is 19.9. The first-order chi connectivity index (χ1) is 25.6. The molecule has 0 bridgehead atoms. The van der Waals surface area contributed by atoms with Crippen molar-refractivity contribution in [2.45, 2.75) is 84.1 Å². The van der Waals surface area contributed by atoms with E-state index >= 15 is 0 Å². The Hall–Kier alpha value is -5.08. The van der Waals surface area contributed by atoms with Crippen LogP contribution in [0.25, 0.3) is 49.7 Å². The topological polar surface area (TPSA) is 17.0 Å². The molecule has 6 aromatic carbocycles. The number of hydrogen-bond acceptors (Lipinski definition) is 1. The monoisotopic (exact) mass is 688 g/mol. The molecule has 2 unspecified atom stereocenters. The minimum atomic E-state index is 0.135. The van der Waals surface area contributed by atoms with Gasteiger partial charge in [-0.1, -0.05) is 96.8 Å². The van der Waals surface area contributed by atoms with Crippen molar-refractivity contribution in [2.75, 3.05) is 5.32 Å². The fourth-order valence-electron chi connectivity index (χ4n) is 12.3. The summed E-state index contributed by atoms with van der Waals surface area (Å²) < 4.78 is 2.54. The second-order valence-electron chi connectivity index (χ2n) is 17.8. The standard InChI is InChI=1S/C51H48N2/c1-29-7-13-39-41(19-29)42-20-30(2)8-14-40(42)49(39)52-35-11-15-37-38-16-12-36(53-47-17-9-31(3)21-43(47)44-22-32(4)10-18-48(44)53)24-46(38)51-27-33(5)25-50(51,45(37)23-35)26-34(6)28-51/h7-24,33-34,49,52H,25-28H2,1-6H3. The fraction of sp³-hybridized carbons (Fsp3) is 0.294. The van der Waals surface area contributed by atoms with Gasteiger partial charge in [-0.2, -0.15) is 0 Å². The Labute approximate surface area is 313 Å². The van der Waals surface area contributed by atoms with Crippen LogP contribution >= 0.6 is 0 Å². The number of anilines is 1. The minimum absolute atomic E-state index is 0.135. The van der Waals surface area contributed by atoms with Crippen molar-refractivity contribution < 1.29 is 0 Å². The van der Waals surface area contributed by atoms with Gasteiger partial charge in [0.1, 0.15) is 0 Å². The van der Waals surface area contributed by atoms with Crippen molar-refractivity contribution in [3.8, 4) is 27.9 Å². The predicted octanol–water partition coefficient (Wildman–Crippen LogP) is 13.2. The molecule has 0 saturated heterocycles. The van der Waals surface area contributed by atoms with E-state index in [9.17, 15) is 0 Å². The van der Waals surface area contributed by atoms with Gasteiger partial charge in [-0.3, -0.25) is 0 Å². The number of nitrogens with zero attached hydrogens (tertiary/aromatic N) is 1. The Morgan fingerprint density at radius 1 is 0.491 bits per heavy atom. The molecule has 2 atom stereocenters. The lowest BCUT2D eigenvalue weighted by Crippen LogP contribution is -2.43. The molecule has 0 amide bonds. The molecule has 0 aliphatic heterocycles. The van der Waals surface area contributed by atoms with Crippen molar-refractivity contribution in [2.24, 2.45) is 11.8 Å². The summed E-state index contributed by atoms with van der Waals surface area (Å²) in [5.41, 5.74) is 22.3. The highest BCUT2D eigenvalue weighted by atomic mass is 15.0. The molecule has 53 heavy (non-hydrogen) atoms. The van der Waals surface area contributed by atoms with Crippen LogP contribution in [-0.2, 0) is 10.8 Å². The number of rotatable bonds is 3. The van der Waals surface area contributed by atoms with Gasteiger partial charge in [-0.15, -0.1) is 0 Å². The predicted molar refractivity (Wildman–Crippen MR) is 223 cm³/mol. The molecule has 4 aliphatic rings. The first kappa shape index (κ1) is 31.4. The van der Waals surface area contributed by atoms with Crippen LogP contribution in [0.3, 0.4) is 0 Å². The summed E-state index contributed by atoms with van der Waals surface area (Å²) >= 11 is 0. The van der Waals surface area contributed by atoms with Gasteiger partial charge in [0.15, 0.2) is 0 Å². The Morgan fingerprint density at radius 3 is 1.51 bits per heavy atom. The number of hydrogen-bond donors (Lipinski definition) is 1. The van der Waals surface area contributed by atoms with E-state index in [0.717, 1.165) is 0 Å². The van der Waals surface area contributed by atoms with E-state index in [1.54, 1.807) is 11.1 Å². The van der Waals surface area contributed by atoms with Gasteiger partial charge in [-0.05, 0) is 158 Å². The molecular formula is C51H48N2. The number of nitrogens with one attached hydrogen (secondary N) is 1. The Bertz CT molecular complexity index is 2580. The van der Waals surface area contributed by atoms with Gasteiger partial charge in [0.25, 0.3) is 0 Å². The maximum Gasteiger partial charge on any atom is 0.0779 e. The van der Waals surface area contributed by atoms with Crippen LogP contribution in [0.2, 0.25) is 0 Å². The van der Waals surface area contributed by atoms with Gasteiger partial charge in [-0.25, -0.2) is 0 Å². The zero-order chi connectivity index (χ0) is 36.0. The SMILES string of the molecule is Cc1ccc2c(c1)-c1cc(C)ccc1C2Nc1ccc2c(c1)C13CC(C)CC1(CC(C)C3)c1cc(-n3c4ccc(C)cc4c4cc(C)ccc43)ccc1-2. The van der Waals surface area contributed by atoms with Gasteiger partial charge < -0.3 is 9.88 Å². The lowest BCUT2D eigenvalue weighted by Gasteiger charge is -2.48. The third-order valence-electron chi connectivity index (χ3n) is 14.0. The molecule has 2 fully saturated rings. The molecule has 1 N–H and O–H groups in total. The average molecular weight is 689 g/mol. The Morgan fingerprint density at radius 2 is 0.962 bits per heavy atom. The molecule has 1 heterocycles. The summed E-state index contributed by atoms with van der Waals surface area (Å²) in [6, 6.07) is 43.1. The fourth-order valence-corrected chi connectivity index (χ4v) is 12.3. The molecule has 262 valence electrons. The third kappa shape index (κ3) is 4.21. The highest BCUT2D eigenvalue weighted by Crippen LogP contribution is 2.72. The van der Waals surface area contributed by atoms with Crippen molar-refractivity contribution in [3.05, 3.63) is 154 Å². The number of aryl methyl sites for hydroxylation is 4. The molecule has 2 nitrogen and oxygen atoms in total. The summed E-state index contributed by atoms with van der Waals surface area (Å²) in [4.78, 5) is 0. The van der Waals surface area contributed by atoms with E-state index < -0.39 is 0 Å². The number of aromatic nitrogens is 1. The van der Waals surface area contributed by atoms with Crippen molar-refractivity contribution in [3.63, 3.8) is 0 Å². The van der Waals surface area contributed by atoms with Crippen LogP contribution in [0.4, 0.5) is 5.69 Å². The first-order valence-electron chi connectivity index (χ1n) is 19.9. The van der Waals surface area contributed by atoms with Crippen LogP contribution < -0.4 is 5.32 Å². The van der Waals surface area contributed by atoms with Crippen molar-refractivity contribution >= 4 is 27.5 Å². The van der Waals surface area contributed by atoms with E-state index in [1.165, 1.54) is 114 Å². The van der Waals surface area contributed by atoms with Gasteiger partial charge in [0, 0.05) is 33.0 Å². The third-order valence-corrected chi connectivity index (χ3v) is 14.0. The summed E-state index contributed by atoms with van der Waals surface area (Å²) in [6.07, 6.45) is 5.05. The highest BCUT2D eigenvalue weighted by molar-refractivity contribution is 6.09. The molecule has 11 rings (SSSR count). The average Bonchev–Trinajstić information content (AvgIpc) is 3.80. The molecule has 0 radical (unpaired) electrons. The van der Waals surface area contributed by atoms with E-state index in [2.05, 4.69) is 161 Å². The molecule has 4 aliphatic carbocycles. The van der Waals surface area contributed by atoms with Crippen LogP contribution in [-0.4, -0.2) is 4.57 Å². The summed E-state index contributed by atoms with van der Waals surface area (Å²) in [7, 11) is 0. The van der Waals surface area contributed by atoms with Crippen LogP contribution in [0, 0.1) is 39.5 Å². The Balaban J connectivity index is 1.09. The van der Waals surface area contributed by atoms with Crippen LogP contribution in [0.15, 0.2) is 109 Å². The lowest BCUT2D eigenvalue weighted by molar-refractivity contribution is 0.299. The van der Waals surface area contributed by atoms with Crippen LogP contribution in [0.5, 0.6) is 0 Å². The number of benzene rings is 6. The second kappa shape index (κ2) is 10.8. The molecular weight excluding hydrogens is 641 g/mol. The van der Waals surface area contributed by atoms with E-state index in [1.807, 2.05) is 0 Å². The van der Waals surface area contributed by atoms with Gasteiger partial charge >= 0.3 is 0 Å². The lowest BCUT2D eigenvalue weighted by atomic mass is 9.55. The maximum absolute atomic E-state index is 4.11. The van der Waals surface area contributed by atoms with Gasteiger partial charge in [0.2, 0.25) is 0 Å². The molecule has 7 aromatic rings. The Kier molecular flexibility index (Phi) is 6.38. The molecule has 2 saturated carbocycles. The largest absolute Gasteiger partial charge is 0.374 e. The smallest absolute Gasteiger partial charge is 0.0779 e. The quantitative estimate of drug-likeness (QED) is 0.196. The van der Waals surface area contributed by atoms with E-state index in [4.69, 9.17) is 0 Å². The molecule has 0 spiro atoms. The highest BCUT2D eigenvalue weighted by Gasteiger charge is 2.65. The molecule has 1 aromatic heterocycles. The van der Waals surface area contributed by atoms with Crippen LogP contribution in [0.1, 0.15) is 90.1 Å². The zero-order valence-electron chi connectivity index (χ0n) is 31.9. The maximum atomic E-state index is 4.11. The second-order valence-corrected chi connectivity index (χ2v) is 17.8.